The summed E-state index contributed by atoms with van der Waals surface area (Å²) in [6.45, 7) is 0.370. The highest BCUT2D eigenvalue weighted by Gasteiger charge is 2.31. The molecule has 1 aromatic rings. The first-order chi connectivity index (χ1) is 10.5. The van der Waals surface area contributed by atoms with Crippen molar-refractivity contribution in [2.75, 3.05) is 13.7 Å². The molecule has 0 bridgehead atoms. The molecule has 0 heterocycles. The Hall–Kier alpha value is -1.52. The Labute approximate surface area is 139 Å². The van der Waals surface area contributed by atoms with Gasteiger partial charge in [-0.25, -0.2) is 0 Å². The van der Waals surface area contributed by atoms with E-state index in [4.69, 9.17) is 23.2 Å². The maximum absolute atomic E-state index is 12.3. The van der Waals surface area contributed by atoms with E-state index in [0.717, 1.165) is 18.4 Å². The summed E-state index contributed by atoms with van der Waals surface area (Å²) < 4.78 is 4.61. The molecular weight excluding hydrogens is 325 g/mol. The standard InChI is InChI=1S/C16H17Cl2NO3/c1-22-16(21)8-9-19(13-5-6-13)15(20)7-3-11-2-4-12(17)10-14(11)18/h2-4,7,10,13H,5-6,8-9H2,1H3/b7-3+. The number of rotatable bonds is 6. The molecule has 1 fully saturated rings. The molecule has 0 atom stereocenters. The second-order valence-electron chi connectivity index (χ2n) is 5.09. The Morgan fingerprint density at radius 2 is 2.09 bits per heavy atom. The van der Waals surface area contributed by atoms with Crippen LogP contribution in [0.5, 0.6) is 0 Å². The lowest BCUT2D eigenvalue weighted by atomic mass is 10.2. The second-order valence-corrected chi connectivity index (χ2v) is 5.93. The lowest BCUT2D eigenvalue weighted by Gasteiger charge is -2.20. The van der Waals surface area contributed by atoms with Gasteiger partial charge in [0, 0.05) is 28.7 Å². The third kappa shape index (κ3) is 4.75. The van der Waals surface area contributed by atoms with Crippen molar-refractivity contribution in [2.45, 2.75) is 25.3 Å². The first-order valence-electron chi connectivity index (χ1n) is 7.02. The topological polar surface area (TPSA) is 46.6 Å². The second kappa shape index (κ2) is 7.65. The molecule has 1 aromatic carbocycles. The largest absolute Gasteiger partial charge is 0.469 e. The number of hydrogen-bond donors (Lipinski definition) is 0. The van der Waals surface area contributed by atoms with Crippen molar-refractivity contribution in [1.29, 1.82) is 0 Å². The summed E-state index contributed by atoms with van der Waals surface area (Å²) in [5, 5.41) is 1.04. The van der Waals surface area contributed by atoms with Crippen molar-refractivity contribution in [3.05, 3.63) is 39.9 Å². The SMILES string of the molecule is COC(=O)CCN(C(=O)/C=C/c1ccc(Cl)cc1Cl)C1CC1. The molecule has 1 aliphatic rings. The van der Waals surface area contributed by atoms with E-state index in [1.807, 2.05) is 0 Å². The maximum Gasteiger partial charge on any atom is 0.307 e. The summed E-state index contributed by atoms with van der Waals surface area (Å²) >= 11 is 11.9. The Bertz CT molecular complexity index is 597. The summed E-state index contributed by atoms with van der Waals surface area (Å²) in [6.07, 6.45) is 5.29. The van der Waals surface area contributed by atoms with Crippen LogP contribution in [0.15, 0.2) is 24.3 Å². The molecule has 1 aliphatic carbocycles. The van der Waals surface area contributed by atoms with Crippen molar-refractivity contribution in [3.8, 4) is 0 Å². The molecule has 2 rings (SSSR count). The molecule has 0 aliphatic heterocycles. The lowest BCUT2D eigenvalue weighted by Crippen LogP contribution is -2.33. The molecule has 0 aromatic heterocycles. The summed E-state index contributed by atoms with van der Waals surface area (Å²) in [5.74, 6) is -0.444. The van der Waals surface area contributed by atoms with Gasteiger partial charge in [-0.2, -0.15) is 0 Å². The first kappa shape index (κ1) is 16.8. The lowest BCUT2D eigenvalue weighted by molar-refractivity contribution is -0.141. The van der Waals surface area contributed by atoms with E-state index in [-0.39, 0.29) is 24.3 Å². The molecule has 1 saturated carbocycles. The Morgan fingerprint density at radius 3 is 2.68 bits per heavy atom. The Balaban J connectivity index is 2.01. The fourth-order valence-electron chi connectivity index (χ4n) is 2.07. The smallest absolute Gasteiger partial charge is 0.307 e. The minimum Gasteiger partial charge on any atom is -0.469 e. The van der Waals surface area contributed by atoms with Crippen LogP contribution < -0.4 is 0 Å². The number of amides is 1. The molecule has 0 unspecified atom stereocenters. The van der Waals surface area contributed by atoms with E-state index in [9.17, 15) is 9.59 Å². The molecule has 4 nitrogen and oxygen atoms in total. The van der Waals surface area contributed by atoms with Crippen molar-refractivity contribution >= 4 is 41.2 Å². The van der Waals surface area contributed by atoms with Crippen LogP contribution >= 0.6 is 23.2 Å². The third-order valence-corrected chi connectivity index (χ3v) is 3.99. The van der Waals surface area contributed by atoms with Gasteiger partial charge in [0.2, 0.25) is 5.91 Å². The number of benzene rings is 1. The van der Waals surface area contributed by atoms with E-state index >= 15 is 0 Å². The van der Waals surface area contributed by atoms with E-state index < -0.39 is 0 Å². The van der Waals surface area contributed by atoms with Gasteiger partial charge in [-0.3, -0.25) is 9.59 Å². The highest BCUT2D eigenvalue weighted by Crippen LogP contribution is 2.28. The minimum absolute atomic E-state index is 0.127. The predicted molar refractivity (Wildman–Crippen MR) is 86.9 cm³/mol. The van der Waals surface area contributed by atoms with Gasteiger partial charge in [-0.15, -0.1) is 0 Å². The van der Waals surface area contributed by atoms with Gasteiger partial charge < -0.3 is 9.64 Å². The summed E-state index contributed by atoms with van der Waals surface area (Å²) in [7, 11) is 1.34. The van der Waals surface area contributed by atoms with Crippen LogP contribution in [-0.4, -0.2) is 36.5 Å². The zero-order valence-electron chi connectivity index (χ0n) is 12.2. The number of methoxy groups -OCH3 is 1. The van der Waals surface area contributed by atoms with Crippen LogP contribution in [0.4, 0.5) is 0 Å². The molecule has 0 radical (unpaired) electrons. The van der Waals surface area contributed by atoms with E-state index in [0.29, 0.717) is 16.6 Å². The molecule has 0 spiro atoms. The summed E-state index contributed by atoms with van der Waals surface area (Å²) in [5.41, 5.74) is 0.725. The minimum atomic E-state index is -0.317. The van der Waals surface area contributed by atoms with Gasteiger partial charge in [-0.05, 0) is 36.6 Å². The molecule has 22 heavy (non-hydrogen) atoms. The van der Waals surface area contributed by atoms with Gasteiger partial charge >= 0.3 is 5.97 Å². The van der Waals surface area contributed by atoms with Crippen molar-refractivity contribution in [3.63, 3.8) is 0 Å². The normalized spacial score (nSPS) is 14.1. The zero-order chi connectivity index (χ0) is 16.1. The van der Waals surface area contributed by atoms with Crippen molar-refractivity contribution in [1.82, 2.24) is 4.90 Å². The van der Waals surface area contributed by atoms with E-state index in [1.165, 1.54) is 13.2 Å². The molecule has 0 N–H and O–H groups in total. The van der Waals surface area contributed by atoms with Gasteiger partial charge in [0.15, 0.2) is 0 Å². The average Bonchev–Trinajstić information content (AvgIpc) is 3.31. The third-order valence-electron chi connectivity index (χ3n) is 3.42. The number of nitrogens with zero attached hydrogens (tertiary/aromatic N) is 1. The maximum atomic E-state index is 12.3. The fraction of sp³-hybridized carbons (Fsp3) is 0.375. The Morgan fingerprint density at radius 1 is 1.36 bits per heavy atom. The van der Waals surface area contributed by atoms with Crippen LogP contribution in [0.25, 0.3) is 6.08 Å². The molecule has 6 heteroatoms. The summed E-state index contributed by atoms with van der Waals surface area (Å²) in [4.78, 5) is 25.2. The zero-order valence-corrected chi connectivity index (χ0v) is 13.7. The molecule has 118 valence electrons. The van der Waals surface area contributed by atoms with E-state index in [2.05, 4.69) is 4.74 Å². The van der Waals surface area contributed by atoms with Gasteiger partial charge in [0.05, 0.1) is 13.5 Å². The number of esters is 1. The quantitative estimate of drug-likeness (QED) is 0.587. The van der Waals surface area contributed by atoms with Crippen LogP contribution in [-0.2, 0) is 14.3 Å². The average molecular weight is 342 g/mol. The van der Waals surface area contributed by atoms with Gasteiger partial charge in [-0.1, -0.05) is 29.3 Å². The molecule has 0 saturated heterocycles. The molecule has 1 amide bonds. The predicted octanol–water partition coefficient (Wildman–Crippen LogP) is 3.56. The number of ether oxygens (including phenoxy) is 1. The number of halogens is 2. The number of carbonyl (C=O) groups excluding carboxylic acids is 2. The number of carbonyl (C=O) groups is 2. The highest BCUT2D eigenvalue weighted by atomic mass is 35.5. The van der Waals surface area contributed by atoms with Gasteiger partial charge in [0.1, 0.15) is 0 Å². The Kier molecular flexibility index (Phi) is 5.86. The first-order valence-corrected chi connectivity index (χ1v) is 7.77. The van der Waals surface area contributed by atoms with Crippen LogP contribution in [0.3, 0.4) is 0 Å². The number of hydrogen-bond acceptors (Lipinski definition) is 3. The fourth-order valence-corrected chi connectivity index (χ4v) is 2.54. The van der Waals surface area contributed by atoms with E-state index in [1.54, 1.807) is 29.2 Å². The molecular formula is C16H17Cl2NO3. The summed E-state index contributed by atoms with van der Waals surface area (Å²) in [6, 6.07) is 5.32. The van der Waals surface area contributed by atoms with Crippen LogP contribution in [0, 0.1) is 0 Å². The van der Waals surface area contributed by atoms with Crippen LogP contribution in [0.1, 0.15) is 24.8 Å². The van der Waals surface area contributed by atoms with Crippen molar-refractivity contribution in [2.24, 2.45) is 0 Å². The monoisotopic (exact) mass is 341 g/mol. The highest BCUT2D eigenvalue weighted by molar-refractivity contribution is 6.35. The van der Waals surface area contributed by atoms with Crippen molar-refractivity contribution < 1.29 is 14.3 Å². The van der Waals surface area contributed by atoms with Crippen LogP contribution in [0.2, 0.25) is 10.0 Å². The van der Waals surface area contributed by atoms with Gasteiger partial charge in [0.25, 0.3) is 0 Å².